The molecule has 1 saturated heterocycles. The number of rotatable bonds is 6. The molecule has 0 aliphatic carbocycles. The van der Waals surface area contributed by atoms with E-state index >= 15 is 0 Å². The maximum atomic E-state index is 13.2. The van der Waals surface area contributed by atoms with Gasteiger partial charge in [0, 0.05) is 12.2 Å². The number of halogens is 3. The Hall–Kier alpha value is -2.22. The molecule has 1 atom stereocenters. The Morgan fingerprint density at radius 2 is 2.00 bits per heavy atom. The van der Waals surface area contributed by atoms with Gasteiger partial charge in [-0.05, 0) is 61.9 Å². The maximum Gasteiger partial charge on any atom is 0.238 e. The lowest BCUT2D eigenvalue weighted by Crippen LogP contribution is -2.53. The van der Waals surface area contributed by atoms with E-state index in [2.05, 4.69) is 5.32 Å². The van der Waals surface area contributed by atoms with Crippen LogP contribution in [0.3, 0.4) is 0 Å². The number of β-amino-alcohol motifs (C(OH)–C–C–N with tert-alkyl or cyclic N) is 1. The monoisotopic (exact) mass is 410 g/mol. The van der Waals surface area contributed by atoms with Crippen LogP contribution in [0.1, 0.15) is 12.8 Å². The van der Waals surface area contributed by atoms with Crippen LogP contribution in [-0.4, -0.2) is 47.8 Å². The van der Waals surface area contributed by atoms with Crippen LogP contribution in [0.4, 0.5) is 14.5 Å². The van der Waals surface area contributed by atoms with E-state index in [9.17, 15) is 18.7 Å². The molecule has 2 N–H and O–H groups in total. The lowest BCUT2D eigenvalue weighted by Gasteiger charge is -2.38. The summed E-state index contributed by atoms with van der Waals surface area (Å²) in [6, 6.07) is 9.54. The largest absolute Gasteiger partial charge is 0.491 e. The second-order valence-electron chi connectivity index (χ2n) is 6.96. The second kappa shape index (κ2) is 8.86. The number of hydrogen-bond acceptors (Lipinski definition) is 4. The van der Waals surface area contributed by atoms with Crippen molar-refractivity contribution in [2.45, 2.75) is 18.4 Å². The summed E-state index contributed by atoms with van der Waals surface area (Å²) in [5.41, 5.74) is -0.699. The van der Waals surface area contributed by atoms with E-state index in [0.717, 1.165) is 0 Å². The highest BCUT2D eigenvalue weighted by Gasteiger charge is 2.34. The van der Waals surface area contributed by atoms with Gasteiger partial charge in [-0.1, -0.05) is 11.6 Å². The zero-order valence-electron chi connectivity index (χ0n) is 15.1. The van der Waals surface area contributed by atoms with Crippen LogP contribution in [0, 0.1) is 11.6 Å². The number of benzene rings is 2. The van der Waals surface area contributed by atoms with Gasteiger partial charge >= 0.3 is 0 Å². The van der Waals surface area contributed by atoms with Crippen molar-refractivity contribution in [2.24, 2.45) is 0 Å². The van der Waals surface area contributed by atoms with Gasteiger partial charge in [-0.15, -0.1) is 0 Å². The van der Waals surface area contributed by atoms with Gasteiger partial charge in [-0.2, -0.15) is 0 Å². The van der Waals surface area contributed by atoms with Crippen molar-refractivity contribution in [2.75, 3.05) is 31.6 Å². The van der Waals surface area contributed by atoms with Crippen molar-refractivity contribution in [3.05, 3.63) is 59.1 Å². The van der Waals surface area contributed by atoms with Crippen LogP contribution in [-0.2, 0) is 4.79 Å². The Morgan fingerprint density at radius 3 is 2.71 bits per heavy atom. The minimum absolute atomic E-state index is 0.0460. The average molecular weight is 411 g/mol. The SMILES string of the molecule is O=C(CN1CCCC(O)(COc2ccc(F)cc2)C1)Nc1ccc(F)c(Cl)c1. The van der Waals surface area contributed by atoms with E-state index < -0.39 is 11.4 Å². The lowest BCUT2D eigenvalue weighted by molar-refractivity contribution is -0.119. The van der Waals surface area contributed by atoms with Gasteiger partial charge in [-0.25, -0.2) is 8.78 Å². The number of piperidine rings is 1. The van der Waals surface area contributed by atoms with Gasteiger partial charge in [0.25, 0.3) is 0 Å². The fourth-order valence-corrected chi connectivity index (χ4v) is 3.37. The topological polar surface area (TPSA) is 61.8 Å². The first-order valence-corrected chi connectivity index (χ1v) is 9.29. The summed E-state index contributed by atoms with van der Waals surface area (Å²) in [5, 5.41) is 13.4. The fraction of sp³-hybridized carbons (Fsp3) is 0.350. The zero-order chi connectivity index (χ0) is 20.1. The molecule has 150 valence electrons. The van der Waals surface area contributed by atoms with Crippen molar-refractivity contribution in [3.63, 3.8) is 0 Å². The van der Waals surface area contributed by atoms with Gasteiger partial charge in [0.2, 0.25) is 5.91 Å². The first-order valence-electron chi connectivity index (χ1n) is 8.91. The molecule has 0 bridgehead atoms. The molecule has 8 heteroatoms. The highest BCUT2D eigenvalue weighted by atomic mass is 35.5. The number of anilines is 1. The molecule has 1 heterocycles. The van der Waals surface area contributed by atoms with Crippen LogP contribution in [0.15, 0.2) is 42.5 Å². The maximum absolute atomic E-state index is 13.2. The van der Waals surface area contributed by atoms with Gasteiger partial charge in [0.15, 0.2) is 0 Å². The highest BCUT2D eigenvalue weighted by molar-refractivity contribution is 6.31. The highest BCUT2D eigenvalue weighted by Crippen LogP contribution is 2.24. The van der Waals surface area contributed by atoms with Crippen molar-refractivity contribution in [1.82, 2.24) is 4.90 Å². The predicted octanol–water partition coefficient (Wildman–Crippen LogP) is 3.46. The van der Waals surface area contributed by atoms with Crippen molar-refractivity contribution >= 4 is 23.2 Å². The number of likely N-dealkylation sites (tertiary alicyclic amines) is 1. The summed E-state index contributed by atoms with van der Waals surface area (Å²) < 4.78 is 31.7. The molecule has 0 aromatic heterocycles. The standard InChI is InChI=1S/C20H21ClF2N2O3/c21-17-10-15(4-7-18(17)23)24-19(26)11-25-9-1-8-20(27,12-25)13-28-16-5-2-14(22)3-6-16/h2-7,10,27H,1,8-9,11-13H2,(H,24,26). The number of nitrogens with zero attached hydrogens (tertiary/aromatic N) is 1. The average Bonchev–Trinajstić information content (AvgIpc) is 2.64. The number of carbonyl (C=O) groups is 1. The number of amides is 1. The van der Waals surface area contributed by atoms with E-state index in [0.29, 0.717) is 30.8 Å². The van der Waals surface area contributed by atoms with E-state index in [-0.39, 0.29) is 36.4 Å². The quantitative estimate of drug-likeness (QED) is 0.765. The third-order valence-electron chi connectivity index (χ3n) is 4.53. The van der Waals surface area contributed by atoms with E-state index in [1.54, 1.807) is 0 Å². The third kappa shape index (κ3) is 5.64. The molecular weight excluding hydrogens is 390 g/mol. The predicted molar refractivity (Wildman–Crippen MR) is 103 cm³/mol. The molecule has 1 unspecified atom stereocenters. The smallest absolute Gasteiger partial charge is 0.238 e. The normalized spacial score (nSPS) is 20.0. The minimum atomic E-state index is -1.11. The number of aliphatic hydroxyl groups is 1. The molecule has 0 saturated carbocycles. The van der Waals surface area contributed by atoms with Gasteiger partial charge in [0.05, 0.1) is 11.6 Å². The van der Waals surface area contributed by atoms with Crippen LogP contribution in [0.25, 0.3) is 0 Å². The summed E-state index contributed by atoms with van der Waals surface area (Å²) in [6.07, 6.45) is 1.25. The Labute approximate surface area is 166 Å². The van der Waals surface area contributed by atoms with Crippen LogP contribution in [0.2, 0.25) is 5.02 Å². The Morgan fingerprint density at radius 1 is 1.25 bits per heavy atom. The molecule has 1 aliphatic heterocycles. The summed E-state index contributed by atoms with van der Waals surface area (Å²) in [5.74, 6) is -0.727. The van der Waals surface area contributed by atoms with Crippen LogP contribution >= 0.6 is 11.6 Å². The summed E-state index contributed by atoms with van der Waals surface area (Å²) in [4.78, 5) is 14.1. The Bertz CT molecular complexity index is 835. The molecule has 5 nitrogen and oxygen atoms in total. The molecule has 28 heavy (non-hydrogen) atoms. The number of hydrogen-bond donors (Lipinski definition) is 2. The van der Waals surface area contributed by atoms with Crippen molar-refractivity contribution < 1.29 is 23.4 Å². The number of carbonyl (C=O) groups excluding carboxylic acids is 1. The molecule has 1 aliphatic rings. The molecule has 0 radical (unpaired) electrons. The molecule has 1 amide bonds. The van der Waals surface area contributed by atoms with Crippen LogP contribution < -0.4 is 10.1 Å². The Kier molecular flexibility index (Phi) is 6.49. The van der Waals surface area contributed by atoms with Crippen molar-refractivity contribution in [3.8, 4) is 5.75 Å². The van der Waals surface area contributed by atoms with Gasteiger partial charge < -0.3 is 15.2 Å². The molecule has 3 rings (SSSR count). The number of ether oxygens (including phenoxy) is 1. The third-order valence-corrected chi connectivity index (χ3v) is 4.82. The first kappa shape index (κ1) is 20.5. The van der Waals surface area contributed by atoms with E-state index in [4.69, 9.17) is 16.3 Å². The van der Waals surface area contributed by atoms with Gasteiger partial charge in [0.1, 0.15) is 29.6 Å². The summed E-state index contributed by atoms with van der Waals surface area (Å²) in [7, 11) is 0. The molecule has 1 fully saturated rings. The van der Waals surface area contributed by atoms with Crippen LogP contribution in [0.5, 0.6) is 5.75 Å². The molecule has 0 spiro atoms. The first-order chi connectivity index (χ1) is 13.3. The van der Waals surface area contributed by atoms with Gasteiger partial charge in [-0.3, -0.25) is 9.69 Å². The summed E-state index contributed by atoms with van der Waals surface area (Å²) >= 11 is 5.72. The molecule has 2 aromatic carbocycles. The minimum Gasteiger partial charge on any atom is -0.491 e. The molecular formula is C20H21ClF2N2O3. The lowest BCUT2D eigenvalue weighted by atomic mass is 9.93. The molecule has 2 aromatic rings. The Balaban J connectivity index is 1.52. The van der Waals surface area contributed by atoms with E-state index in [1.165, 1.54) is 42.5 Å². The second-order valence-corrected chi connectivity index (χ2v) is 7.37. The summed E-state index contributed by atoms with van der Waals surface area (Å²) in [6.45, 7) is 1.06. The number of nitrogens with one attached hydrogen (secondary N) is 1. The zero-order valence-corrected chi connectivity index (χ0v) is 15.9. The fourth-order valence-electron chi connectivity index (χ4n) is 3.18. The van der Waals surface area contributed by atoms with E-state index in [1.807, 2.05) is 4.90 Å². The van der Waals surface area contributed by atoms with Crippen molar-refractivity contribution in [1.29, 1.82) is 0 Å².